The molecule has 0 saturated carbocycles. The Kier molecular flexibility index (Phi) is 6.86. The maximum atomic E-state index is 3.62. The van der Waals surface area contributed by atoms with Crippen LogP contribution in [0.25, 0.3) is 10.8 Å². The molecule has 1 aliphatic rings. The Bertz CT molecular complexity index is 944. The quantitative estimate of drug-likeness (QED) is 0.551. The van der Waals surface area contributed by atoms with Crippen molar-refractivity contribution < 1.29 is 0 Å². The van der Waals surface area contributed by atoms with Gasteiger partial charge in [-0.2, -0.15) is 0 Å². The third-order valence-electron chi connectivity index (χ3n) is 6.46. The summed E-state index contributed by atoms with van der Waals surface area (Å²) in [6.45, 7) is 11.4. The van der Waals surface area contributed by atoms with Crippen molar-refractivity contribution in [2.45, 2.75) is 45.6 Å². The molecular formula is C28H36N2. The fourth-order valence-electron chi connectivity index (χ4n) is 4.79. The van der Waals surface area contributed by atoms with E-state index in [1.165, 1.54) is 33.9 Å². The van der Waals surface area contributed by atoms with E-state index in [-0.39, 0.29) is 0 Å². The SMILES string of the molecule is CC(C)Cc1ccc(C(C)CN2CCNCC2Cc2ccc3ccccc3c2)cc1. The van der Waals surface area contributed by atoms with Crippen LogP contribution in [0.4, 0.5) is 0 Å². The lowest BCUT2D eigenvalue weighted by Gasteiger charge is -2.38. The molecule has 30 heavy (non-hydrogen) atoms. The first-order valence-electron chi connectivity index (χ1n) is 11.6. The van der Waals surface area contributed by atoms with E-state index in [0.29, 0.717) is 17.9 Å². The lowest BCUT2D eigenvalue weighted by molar-refractivity contribution is 0.153. The molecule has 1 saturated heterocycles. The molecule has 0 radical (unpaired) electrons. The van der Waals surface area contributed by atoms with E-state index in [0.717, 1.165) is 32.6 Å². The fourth-order valence-corrected chi connectivity index (χ4v) is 4.79. The van der Waals surface area contributed by atoms with E-state index in [4.69, 9.17) is 0 Å². The predicted octanol–water partition coefficient (Wildman–Crippen LogP) is 5.66. The molecule has 2 atom stereocenters. The van der Waals surface area contributed by atoms with Gasteiger partial charge in [0.2, 0.25) is 0 Å². The summed E-state index contributed by atoms with van der Waals surface area (Å²) in [6.07, 6.45) is 2.28. The van der Waals surface area contributed by atoms with Crippen molar-refractivity contribution in [3.8, 4) is 0 Å². The molecule has 2 nitrogen and oxygen atoms in total. The highest BCUT2D eigenvalue weighted by Crippen LogP contribution is 2.23. The lowest BCUT2D eigenvalue weighted by atomic mass is 9.94. The second-order valence-electron chi connectivity index (χ2n) is 9.48. The second kappa shape index (κ2) is 9.76. The van der Waals surface area contributed by atoms with E-state index < -0.39 is 0 Å². The molecule has 0 bridgehead atoms. The van der Waals surface area contributed by atoms with Crippen LogP contribution in [-0.2, 0) is 12.8 Å². The van der Waals surface area contributed by atoms with Crippen LogP contribution in [0.5, 0.6) is 0 Å². The fraction of sp³-hybridized carbons (Fsp3) is 0.429. The normalized spacial score (nSPS) is 18.7. The van der Waals surface area contributed by atoms with Gasteiger partial charge in [-0.1, -0.05) is 87.5 Å². The van der Waals surface area contributed by atoms with Crippen LogP contribution in [0.3, 0.4) is 0 Å². The Balaban J connectivity index is 1.42. The average molecular weight is 401 g/mol. The Morgan fingerprint density at radius 2 is 1.63 bits per heavy atom. The number of piperazine rings is 1. The molecule has 1 N–H and O–H groups in total. The summed E-state index contributed by atoms with van der Waals surface area (Å²) in [6, 6.07) is 25.5. The molecule has 0 aliphatic carbocycles. The summed E-state index contributed by atoms with van der Waals surface area (Å²) < 4.78 is 0. The molecule has 0 spiro atoms. The largest absolute Gasteiger partial charge is 0.314 e. The van der Waals surface area contributed by atoms with Crippen LogP contribution in [-0.4, -0.2) is 37.1 Å². The third-order valence-corrected chi connectivity index (χ3v) is 6.46. The Morgan fingerprint density at radius 3 is 2.40 bits per heavy atom. The molecule has 1 aliphatic heterocycles. The van der Waals surface area contributed by atoms with Crippen LogP contribution >= 0.6 is 0 Å². The molecule has 4 rings (SSSR count). The molecule has 3 aromatic carbocycles. The minimum atomic E-state index is 0.551. The molecule has 1 fully saturated rings. The summed E-state index contributed by atoms with van der Waals surface area (Å²) in [5, 5.41) is 6.29. The summed E-state index contributed by atoms with van der Waals surface area (Å²) >= 11 is 0. The Morgan fingerprint density at radius 1 is 0.900 bits per heavy atom. The van der Waals surface area contributed by atoms with Gasteiger partial charge in [0.1, 0.15) is 0 Å². The van der Waals surface area contributed by atoms with Crippen molar-refractivity contribution >= 4 is 10.8 Å². The van der Waals surface area contributed by atoms with Crippen molar-refractivity contribution in [1.29, 1.82) is 0 Å². The second-order valence-corrected chi connectivity index (χ2v) is 9.48. The number of nitrogens with zero attached hydrogens (tertiary/aromatic N) is 1. The van der Waals surface area contributed by atoms with Gasteiger partial charge in [-0.25, -0.2) is 0 Å². The summed E-state index contributed by atoms with van der Waals surface area (Å²) in [4.78, 5) is 2.71. The summed E-state index contributed by atoms with van der Waals surface area (Å²) in [7, 11) is 0. The number of rotatable bonds is 7. The standard InChI is InChI=1S/C28H36N2/c1-21(2)16-23-8-11-25(12-9-23)22(3)20-30-15-14-29-19-28(30)18-24-10-13-26-6-4-5-7-27(26)17-24/h4-13,17,21-22,28-29H,14-16,18-20H2,1-3H3. The van der Waals surface area contributed by atoms with Crippen LogP contribution in [0, 0.1) is 5.92 Å². The number of hydrogen-bond acceptors (Lipinski definition) is 2. The van der Waals surface area contributed by atoms with E-state index in [2.05, 4.69) is 97.7 Å². The van der Waals surface area contributed by atoms with Crippen molar-refractivity contribution in [2.75, 3.05) is 26.2 Å². The van der Waals surface area contributed by atoms with Gasteiger partial charge < -0.3 is 5.32 Å². The minimum Gasteiger partial charge on any atom is -0.314 e. The molecule has 2 heteroatoms. The van der Waals surface area contributed by atoms with Gasteiger partial charge in [0.25, 0.3) is 0 Å². The lowest BCUT2D eigenvalue weighted by Crippen LogP contribution is -2.53. The zero-order chi connectivity index (χ0) is 20.9. The van der Waals surface area contributed by atoms with Gasteiger partial charge >= 0.3 is 0 Å². The highest BCUT2D eigenvalue weighted by atomic mass is 15.2. The molecule has 3 aromatic rings. The highest BCUT2D eigenvalue weighted by Gasteiger charge is 2.24. The number of hydrogen-bond donors (Lipinski definition) is 1. The van der Waals surface area contributed by atoms with Gasteiger partial charge in [0.05, 0.1) is 0 Å². The molecule has 0 aromatic heterocycles. The maximum Gasteiger partial charge on any atom is 0.0261 e. The van der Waals surface area contributed by atoms with Crippen LogP contribution in [0.1, 0.15) is 43.4 Å². The topological polar surface area (TPSA) is 15.3 Å². The van der Waals surface area contributed by atoms with Crippen molar-refractivity contribution in [3.05, 3.63) is 83.4 Å². The minimum absolute atomic E-state index is 0.551. The average Bonchev–Trinajstić information content (AvgIpc) is 2.75. The summed E-state index contributed by atoms with van der Waals surface area (Å²) in [5.74, 6) is 1.26. The zero-order valence-electron chi connectivity index (χ0n) is 18.8. The molecule has 1 heterocycles. The first-order chi connectivity index (χ1) is 14.6. The smallest absolute Gasteiger partial charge is 0.0261 e. The summed E-state index contributed by atoms with van der Waals surface area (Å²) in [5.41, 5.74) is 4.36. The van der Waals surface area contributed by atoms with E-state index >= 15 is 0 Å². The highest BCUT2D eigenvalue weighted by molar-refractivity contribution is 5.83. The van der Waals surface area contributed by atoms with E-state index in [1.54, 1.807) is 0 Å². The van der Waals surface area contributed by atoms with Gasteiger partial charge in [-0.15, -0.1) is 0 Å². The number of benzene rings is 3. The Hall–Kier alpha value is -2.16. The molecule has 2 unspecified atom stereocenters. The monoisotopic (exact) mass is 400 g/mol. The van der Waals surface area contributed by atoms with Gasteiger partial charge in [-0.3, -0.25) is 4.90 Å². The third kappa shape index (κ3) is 5.30. The van der Waals surface area contributed by atoms with Crippen molar-refractivity contribution in [2.24, 2.45) is 5.92 Å². The van der Waals surface area contributed by atoms with Crippen LogP contribution in [0.2, 0.25) is 0 Å². The van der Waals surface area contributed by atoms with Gasteiger partial charge in [0, 0.05) is 32.2 Å². The van der Waals surface area contributed by atoms with Crippen LogP contribution in [0.15, 0.2) is 66.7 Å². The Labute approximate surface area is 182 Å². The van der Waals surface area contributed by atoms with Crippen molar-refractivity contribution in [1.82, 2.24) is 10.2 Å². The maximum absolute atomic E-state index is 3.62. The van der Waals surface area contributed by atoms with Gasteiger partial charge in [0.15, 0.2) is 0 Å². The zero-order valence-corrected chi connectivity index (χ0v) is 18.8. The number of nitrogens with one attached hydrogen (secondary N) is 1. The first-order valence-corrected chi connectivity index (χ1v) is 11.6. The van der Waals surface area contributed by atoms with Crippen molar-refractivity contribution in [3.63, 3.8) is 0 Å². The van der Waals surface area contributed by atoms with Gasteiger partial charge in [-0.05, 0) is 52.1 Å². The number of fused-ring (bicyclic) bond motifs is 1. The molecular weight excluding hydrogens is 364 g/mol. The first kappa shape index (κ1) is 21.1. The van der Waals surface area contributed by atoms with Crippen LogP contribution < -0.4 is 5.32 Å². The predicted molar refractivity (Wildman–Crippen MR) is 129 cm³/mol. The molecule has 0 amide bonds. The van der Waals surface area contributed by atoms with E-state index in [9.17, 15) is 0 Å². The molecule has 158 valence electrons. The van der Waals surface area contributed by atoms with E-state index in [1.807, 2.05) is 0 Å².